The third-order valence-corrected chi connectivity index (χ3v) is 11.2. The molecule has 5 aromatic rings. The monoisotopic (exact) mass is 727 g/mol. The van der Waals surface area contributed by atoms with Gasteiger partial charge in [-0.05, 0) is 84.8 Å². The minimum Gasteiger partial charge on any atom is -0.480 e. The molecule has 52 heavy (non-hydrogen) atoms. The molecule has 1 amide bonds. The highest BCUT2D eigenvalue weighted by atomic mass is 32.2. The summed E-state index contributed by atoms with van der Waals surface area (Å²) < 4.78 is 46.3. The van der Waals surface area contributed by atoms with E-state index in [4.69, 9.17) is 0 Å². The highest BCUT2D eigenvalue weighted by Gasteiger charge is 2.25. The van der Waals surface area contributed by atoms with Crippen LogP contribution in [0.4, 0.5) is 10.1 Å². The van der Waals surface area contributed by atoms with Crippen LogP contribution in [0, 0.1) is 18.7 Å². The van der Waals surface area contributed by atoms with Gasteiger partial charge in [-0.15, -0.1) is 0 Å². The average Bonchev–Trinajstić information content (AvgIpc) is 3.64. The molecule has 1 aliphatic rings. The summed E-state index contributed by atoms with van der Waals surface area (Å²) in [5.74, 6) is -2.73. The summed E-state index contributed by atoms with van der Waals surface area (Å²) in [6.45, 7) is 1.71. The van der Waals surface area contributed by atoms with Crippen molar-refractivity contribution < 1.29 is 27.5 Å². The Morgan fingerprint density at radius 3 is 2.38 bits per heavy atom. The van der Waals surface area contributed by atoms with Gasteiger partial charge in [0.05, 0.1) is 38.9 Å². The van der Waals surface area contributed by atoms with Crippen LogP contribution in [0.15, 0.2) is 93.6 Å². The van der Waals surface area contributed by atoms with Crippen LogP contribution in [0.25, 0.3) is 16.6 Å². The number of nitrogens with one attached hydrogen (secondary N) is 2. The van der Waals surface area contributed by atoms with E-state index in [0.29, 0.717) is 22.6 Å². The van der Waals surface area contributed by atoms with E-state index < -0.39 is 50.6 Å². The number of fused-ring (bicyclic) bond motifs is 1. The van der Waals surface area contributed by atoms with Crippen LogP contribution in [0.3, 0.4) is 0 Å². The molecular weight excluding hydrogens is 690 g/mol. The number of aromatic nitrogens is 3. The fourth-order valence-corrected chi connectivity index (χ4v) is 8.06. The van der Waals surface area contributed by atoms with Crippen LogP contribution in [-0.4, -0.2) is 45.6 Å². The van der Waals surface area contributed by atoms with E-state index in [0.717, 1.165) is 35.1 Å². The number of anilines is 1. The number of hydrogen-bond donors (Lipinski definition) is 3. The van der Waals surface area contributed by atoms with Gasteiger partial charge in [0, 0.05) is 19.7 Å². The quantitative estimate of drug-likeness (QED) is 0.163. The van der Waals surface area contributed by atoms with E-state index in [1.165, 1.54) is 86.1 Å². The Bertz CT molecular complexity index is 2400. The van der Waals surface area contributed by atoms with Crippen LogP contribution in [0.5, 0.6) is 0 Å². The molecule has 0 spiro atoms. The van der Waals surface area contributed by atoms with Crippen molar-refractivity contribution in [2.45, 2.75) is 62.8 Å². The van der Waals surface area contributed by atoms with Gasteiger partial charge >= 0.3 is 11.7 Å². The Morgan fingerprint density at radius 1 is 1.00 bits per heavy atom. The van der Waals surface area contributed by atoms with Crippen molar-refractivity contribution in [1.82, 2.24) is 19.4 Å². The largest absolute Gasteiger partial charge is 0.480 e. The molecule has 3 N–H and O–H groups in total. The standard InChI is InChI=1S/C38H38FN5O7S/c1-23-19-25(8-7-24-5-3-4-6-24)11-16-34(23)52(50,51)42-27-12-15-29(31(39)21-27)35(45)41-32(37(47)48)20-26-9-13-28(14-10-26)44-36(46)30-17-18-40-22-33(30)43(2)38(44)49/h9-19,21-22,24,32,42H,3-8,20H2,1-2H3,(H,41,45)(H,47,48)/t32-/m0/s1. The minimum absolute atomic E-state index is 0.0565. The number of aryl methyl sites for hydroxylation is 3. The van der Waals surface area contributed by atoms with Crippen LogP contribution in [-0.2, 0) is 34.7 Å². The van der Waals surface area contributed by atoms with Crippen molar-refractivity contribution in [1.29, 1.82) is 0 Å². The molecule has 14 heteroatoms. The summed E-state index contributed by atoms with van der Waals surface area (Å²) in [6, 6.07) is 14.4. The molecule has 3 aromatic carbocycles. The van der Waals surface area contributed by atoms with Gasteiger partial charge in [0.15, 0.2) is 0 Å². The lowest BCUT2D eigenvalue weighted by atomic mass is 9.97. The summed E-state index contributed by atoms with van der Waals surface area (Å²) in [7, 11) is -2.56. The lowest BCUT2D eigenvalue weighted by Gasteiger charge is -2.16. The molecule has 0 bridgehead atoms. The first-order valence-corrected chi connectivity index (χ1v) is 18.4. The van der Waals surface area contributed by atoms with Crippen molar-refractivity contribution in [2.24, 2.45) is 13.0 Å². The zero-order valence-electron chi connectivity index (χ0n) is 28.6. The van der Waals surface area contributed by atoms with Crippen molar-refractivity contribution in [3.05, 3.63) is 128 Å². The van der Waals surface area contributed by atoms with Crippen LogP contribution in [0.1, 0.15) is 59.2 Å². The molecule has 2 aromatic heterocycles. The number of hydrogen-bond acceptors (Lipinski definition) is 7. The molecule has 1 atom stereocenters. The molecule has 0 radical (unpaired) electrons. The Morgan fingerprint density at radius 2 is 1.71 bits per heavy atom. The third kappa shape index (κ3) is 7.66. The number of amides is 1. The van der Waals surface area contributed by atoms with E-state index in [9.17, 15) is 32.7 Å². The molecule has 6 rings (SSSR count). The molecule has 12 nitrogen and oxygen atoms in total. The summed E-state index contributed by atoms with van der Waals surface area (Å²) >= 11 is 0. The number of sulfonamides is 1. The van der Waals surface area contributed by atoms with Gasteiger partial charge in [0.2, 0.25) is 0 Å². The predicted octanol–water partition coefficient (Wildman–Crippen LogP) is 4.88. The Labute approximate surface area is 299 Å². The first kappa shape index (κ1) is 36.2. The van der Waals surface area contributed by atoms with Gasteiger partial charge in [-0.3, -0.25) is 23.9 Å². The summed E-state index contributed by atoms with van der Waals surface area (Å²) in [6.07, 6.45) is 9.62. The number of carboxylic acids is 1. The maximum absolute atomic E-state index is 15.2. The number of carboxylic acid groups (broad SMARTS) is 1. The van der Waals surface area contributed by atoms with Gasteiger partial charge in [-0.1, -0.05) is 49.9 Å². The topological polar surface area (TPSA) is 169 Å². The Hall–Kier alpha value is -5.63. The van der Waals surface area contributed by atoms with Crippen molar-refractivity contribution in [3.8, 4) is 5.69 Å². The van der Waals surface area contributed by atoms with Crippen molar-refractivity contribution in [2.75, 3.05) is 4.72 Å². The van der Waals surface area contributed by atoms with Gasteiger partial charge in [0.25, 0.3) is 21.5 Å². The highest BCUT2D eigenvalue weighted by Crippen LogP contribution is 2.29. The maximum Gasteiger partial charge on any atom is 0.335 e. The van der Waals surface area contributed by atoms with Crippen molar-refractivity contribution >= 4 is 38.5 Å². The fourth-order valence-electron chi connectivity index (χ4n) is 6.79. The number of halogens is 1. The fraction of sp³-hybridized carbons (Fsp3) is 0.289. The first-order valence-electron chi connectivity index (χ1n) is 16.9. The molecule has 0 saturated heterocycles. The highest BCUT2D eigenvalue weighted by molar-refractivity contribution is 7.92. The predicted molar refractivity (Wildman–Crippen MR) is 194 cm³/mol. The van der Waals surface area contributed by atoms with E-state index in [-0.39, 0.29) is 28.1 Å². The van der Waals surface area contributed by atoms with Crippen molar-refractivity contribution in [3.63, 3.8) is 0 Å². The van der Waals surface area contributed by atoms with Gasteiger partial charge in [-0.2, -0.15) is 0 Å². The SMILES string of the molecule is Cc1cc(CCC2CCCC2)ccc1S(=O)(=O)Nc1ccc(C(=O)N[C@@H](Cc2ccc(-n3c(=O)c4ccncc4n(C)c3=O)cc2)C(=O)O)c(F)c1. The molecule has 0 aliphatic heterocycles. The zero-order valence-corrected chi connectivity index (χ0v) is 29.5. The molecule has 1 fully saturated rings. The number of carbonyl (C=O) groups excluding carboxylic acids is 1. The van der Waals surface area contributed by atoms with E-state index in [2.05, 4.69) is 15.0 Å². The Balaban J connectivity index is 1.12. The number of rotatable bonds is 12. The smallest absolute Gasteiger partial charge is 0.335 e. The van der Waals surface area contributed by atoms with E-state index >= 15 is 4.39 Å². The molecule has 270 valence electrons. The van der Waals surface area contributed by atoms with Crippen LogP contribution in [0.2, 0.25) is 0 Å². The maximum atomic E-state index is 15.2. The van der Waals surface area contributed by atoms with Gasteiger partial charge in [0.1, 0.15) is 11.9 Å². The number of benzene rings is 3. The normalized spacial score (nSPS) is 14.0. The summed E-state index contributed by atoms with van der Waals surface area (Å²) in [4.78, 5) is 55.2. The lowest BCUT2D eigenvalue weighted by molar-refractivity contribution is -0.139. The van der Waals surface area contributed by atoms with Crippen LogP contribution >= 0.6 is 0 Å². The number of carbonyl (C=O) groups is 2. The van der Waals surface area contributed by atoms with Gasteiger partial charge in [-0.25, -0.2) is 27.0 Å². The molecule has 0 unspecified atom stereocenters. The summed E-state index contributed by atoms with van der Waals surface area (Å²) in [5.41, 5.74) is 0.980. The zero-order chi connectivity index (χ0) is 37.2. The van der Waals surface area contributed by atoms with Gasteiger partial charge < -0.3 is 10.4 Å². The average molecular weight is 728 g/mol. The minimum atomic E-state index is -4.08. The second kappa shape index (κ2) is 14.9. The molecule has 1 saturated carbocycles. The third-order valence-electron chi connectivity index (χ3n) is 9.62. The van der Waals surface area contributed by atoms with Crippen LogP contribution < -0.4 is 21.3 Å². The number of nitrogens with zero attached hydrogens (tertiary/aromatic N) is 3. The lowest BCUT2D eigenvalue weighted by Crippen LogP contribution is -2.42. The summed E-state index contributed by atoms with van der Waals surface area (Å²) in [5, 5.41) is 12.5. The second-order valence-electron chi connectivity index (χ2n) is 13.2. The second-order valence-corrected chi connectivity index (χ2v) is 14.8. The molecular formula is C38H38FN5O7S. The van der Waals surface area contributed by atoms with E-state index in [1.807, 2.05) is 6.07 Å². The van der Waals surface area contributed by atoms with E-state index in [1.54, 1.807) is 19.1 Å². The number of aliphatic carboxylic acids is 1. The molecule has 1 aliphatic carbocycles. The number of pyridine rings is 1. The first-order chi connectivity index (χ1) is 24.8. The Kier molecular flexibility index (Phi) is 10.4. The molecule has 2 heterocycles.